The van der Waals surface area contributed by atoms with Gasteiger partial charge in [-0.3, -0.25) is 14.5 Å². The third kappa shape index (κ3) is 4.32. The molecule has 0 aliphatic carbocycles. The van der Waals surface area contributed by atoms with Gasteiger partial charge >= 0.3 is 6.09 Å². The van der Waals surface area contributed by atoms with Crippen molar-refractivity contribution in [2.24, 2.45) is 5.92 Å². The van der Waals surface area contributed by atoms with E-state index in [4.69, 9.17) is 4.84 Å². The normalized spacial score (nSPS) is 18.6. The number of carbonyl (C=O) groups is 3. The fraction of sp³-hybridized carbons (Fsp3) is 0.526. The van der Waals surface area contributed by atoms with E-state index in [1.54, 1.807) is 23.1 Å². The van der Waals surface area contributed by atoms with Crippen LogP contribution < -0.4 is 0 Å². The predicted molar refractivity (Wildman–Crippen MR) is 103 cm³/mol. The van der Waals surface area contributed by atoms with E-state index in [1.807, 2.05) is 0 Å². The van der Waals surface area contributed by atoms with Crippen LogP contribution in [-0.4, -0.2) is 65.5 Å². The molecule has 2 aliphatic heterocycles. The number of imide groups is 1. The Balaban J connectivity index is 1.55. The van der Waals surface area contributed by atoms with Crippen molar-refractivity contribution in [1.82, 2.24) is 14.9 Å². The van der Waals surface area contributed by atoms with Gasteiger partial charge in [-0.2, -0.15) is 0 Å². The van der Waals surface area contributed by atoms with E-state index >= 15 is 0 Å². The average molecular weight is 438 g/mol. The summed E-state index contributed by atoms with van der Waals surface area (Å²) in [5.74, 6) is -0.592. The number of hydroxylamine groups is 2. The summed E-state index contributed by atoms with van der Waals surface area (Å²) in [7, 11) is 0. The highest BCUT2D eigenvalue weighted by atomic mass is 79.9. The van der Waals surface area contributed by atoms with Crippen LogP contribution in [0.25, 0.3) is 0 Å². The maximum Gasteiger partial charge on any atom is 0.434 e. The first-order chi connectivity index (χ1) is 12.9. The van der Waals surface area contributed by atoms with E-state index in [0.29, 0.717) is 28.5 Å². The summed E-state index contributed by atoms with van der Waals surface area (Å²) >= 11 is 3.28. The van der Waals surface area contributed by atoms with E-state index in [0.717, 1.165) is 19.6 Å². The molecule has 0 N–H and O–H groups in total. The molecule has 8 heteroatoms. The van der Waals surface area contributed by atoms with E-state index in [-0.39, 0.29) is 11.1 Å². The zero-order chi connectivity index (χ0) is 19.6. The first-order valence-corrected chi connectivity index (χ1v) is 10.1. The number of piperazine rings is 1. The second-order valence-corrected chi connectivity index (χ2v) is 8.05. The quantitative estimate of drug-likeness (QED) is 0.661. The van der Waals surface area contributed by atoms with Crippen molar-refractivity contribution in [2.45, 2.75) is 26.7 Å². The monoisotopic (exact) mass is 437 g/mol. The van der Waals surface area contributed by atoms with Gasteiger partial charge in [-0.15, -0.1) is 0 Å². The molecule has 1 atom stereocenters. The lowest BCUT2D eigenvalue weighted by atomic mass is 10.1. The first-order valence-electron chi connectivity index (χ1n) is 9.28. The van der Waals surface area contributed by atoms with Crippen molar-refractivity contribution in [3.05, 3.63) is 33.8 Å². The molecule has 3 rings (SSSR count). The van der Waals surface area contributed by atoms with E-state index < -0.39 is 17.9 Å². The lowest BCUT2D eigenvalue weighted by molar-refractivity contribution is -0.0605. The number of halogens is 1. The summed E-state index contributed by atoms with van der Waals surface area (Å²) in [6, 6.07) is 4.78. The number of fused-ring (bicyclic) bond motifs is 1. The van der Waals surface area contributed by atoms with Gasteiger partial charge in [0.25, 0.3) is 11.8 Å². The van der Waals surface area contributed by atoms with Crippen molar-refractivity contribution in [2.75, 3.05) is 32.7 Å². The van der Waals surface area contributed by atoms with E-state index in [1.165, 1.54) is 12.8 Å². The zero-order valence-corrected chi connectivity index (χ0v) is 17.2. The van der Waals surface area contributed by atoms with E-state index in [9.17, 15) is 14.4 Å². The highest BCUT2D eigenvalue weighted by Gasteiger charge is 2.40. The van der Waals surface area contributed by atoms with Crippen molar-refractivity contribution in [1.29, 1.82) is 0 Å². The van der Waals surface area contributed by atoms with Crippen LogP contribution in [0.3, 0.4) is 0 Å². The molecule has 1 saturated heterocycles. The van der Waals surface area contributed by atoms with Gasteiger partial charge in [0, 0.05) is 37.2 Å². The molecule has 0 bridgehead atoms. The maximum atomic E-state index is 12.4. The first kappa shape index (κ1) is 19.8. The van der Waals surface area contributed by atoms with Gasteiger partial charge in [0.1, 0.15) is 0 Å². The van der Waals surface area contributed by atoms with E-state index in [2.05, 4.69) is 34.7 Å². The highest BCUT2D eigenvalue weighted by Crippen LogP contribution is 2.26. The average Bonchev–Trinajstić information content (AvgIpc) is 2.87. The van der Waals surface area contributed by atoms with Crippen LogP contribution in [0.2, 0.25) is 0 Å². The molecule has 1 unspecified atom stereocenters. The third-order valence-electron chi connectivity index (χ3n) is 4.96. The number of hydrogen-bond acceptors (Lipinski definition) is 5. The number of rotatable bonds is 5. The molecule has 7 nitrogen and oxygen atoms in total. The van der Waals surface area contributed by atoms with Crippen molar-refractivity contribution >= 4 is 33.8 Å². The molecule has 146 valence electrons. The molecule has 2 aliphatic rings. The van der Waals surface area contributed by atoms with Crippen molar-refractivity contribution in [3.63, 3.8) is 0 Å². The number of carbonyl (C=O) groups excluding carboxylic acids is 3. The topological polar surface area (TPSA) is 70.2 Å². The Morgan fingerprint density at radius 3 is 2.48 bits per heavy atom. The van der Waals surface area contributed by atoms with Gasteiger partial charge in [0.05, 0.1) is 11.1 Å². The molecule has 0 saturated carbocycles. The summed E-state index contributed by atoms with van der Waals surface area (Å²) in [4.78, 5) is 46.2. The number of benzene rings is 1. The minimum atomic E-state index is -0.662. The summed E-state index contributed by atoms with van der Waals surface area (Å²) < 4.78 is 0.684. The fourth-order valence-electron chi connectivity index (χ4n) is 3.55. The smallest absolute Gasteiger partial charge is 0.310 e. The van der Waals surface area contributed by atoms with Gasteiger partial charge < -0.3 is 9.74 Å². The predicted octanol–water partition coefficient (Wildman–Crippen LogP) is 3.15. The highest BCUT2D eigenvalue weighted by molar-refractivity contribution is 9.10. The summed E-state index contributed by atoms with van der Waals surface area (Å²) in [5.41, 5.74) is 0.475. The number of nitrogens with zero attached hydrogens (tertiary/aromatic N) is 3. The second kappa shape index (κ2) is 8.39. The molecule has 1 fully saturated rings. The molecule has 27 heavy (non-hydrogen) atoms. The van der Waals surface area contributed by atoms with Crippen LogP contribution in [-0.2, 0) is 4.84 Å². The van der Waals surface area contributed by atoms with Crippen molar-refractivity contribution < 1.29 is 19.2 Å². The number of amides is 3. The summed E-state index contributed by atoms with van der Waals surface area (Å²) in [6.07, 6.45) is 1.70. The number of hydrogen-bond donors (Lipinski definition) is 0. The molecule has 0 spiro atoms. The zero-order valence-electron chi connectivity index (χ0n) is 15.6. The molecule has 1 aromatic rings. The summed E-state index contributed by atoms with van der Waals surface area (Å²) in [6.45, 7) is 8.01. The van der Waals surface area contributed by atoms with Gasteiger partial charge in [-0.25, -0.2) is 4.79 Å². The fourth-order valence-corrected chi connectivity index (χ4v) is 3.91. The third-order valence-corrected chi connectivity index (χ3v) is 5.46. The van der Waals surface area contributed by atoms with Crippen LogP contribution in [0, 0.1) is 5.92 Å². The van der Waals surface area contributed by atoms with Crippen LogP contribution >= 0.6 is 15.9 Å². The SMILES string of the molecule is CCCC(C)CN1CCN(C(=O)ON2C(=O)c3ccc(Br)cc3C2=O)CC1. The molecular formula is C19H24BrN3O4. The van der Waals surface area contributed by atoms with Crippen LogP contribution in [0.5, 0.6) is 0 Å². The Morgan fingerprint density at radius 2 is 1.81 bits per heavy atom. The van der Waals surface area contributed by atoms with Gasteiger partial charge in [-0.05, 0) is 30.5 Å². The van der Waals surface area contributed by atoms with Crippen LogP contribution in [0.4, 0.5) is 4.79 Å². The molecule has 2 heterocycles. The lowest BCUT2D eigenvalue weighted by Gasteiger charge is -2.35. The molecule has 3 amide bonds. The molecule has 0 radical (unpaired) electrons. The largest absolute Gasteiger partial charge is 0.434 e. The van der Waals surface area contributed by atoms with Crippen LogP contribution in [0.1, 0.15) is 47.4 Å². The molecule has 0 aromatic heterocycles. The Kier molecular flexibility index (Phi) is 6.16. The van der Waals surface area contributed by atoms with Gasteiger partial charge in [-0.1, -0.05) is 41.3 Å². The minimum absolute atomic E-state index is 0.233. The lowest BCUT2D eigenvalue weighted by Crippen LogP contribution is -2.51. The van der Waals surface area contributed by atoms with Crippen LogP contribution in [0.15, 0.2) is 22.7 Å². The van der Waals surface area contributed by atoms with Crippen molar-refractivity contribution in [3.8, 4) is 0 Å². The van der Waals surface area contributed by atoms with Gasteiger partial charge in [0.2, 0.25) is 0 Å². The summed E-state index contributed by atoms with van der Waals surface area (Å²) in [5, 5.41) is 0.565. The molecular weight excluding hydrogens is 414 g/mol. The Hall–Kier alpha value is -1.93. The minimum Gasteiger partial charge on any atom is -0.310 e. The Morgan fingerprint density at radius 1 is 1.15 bits per heavy atom. The Bertz CT molecular complexity index is 746. The standard InChI is InChI=1S/C19H24BrN3O4/c1-3-4-13(2)12-21-7-9-22(10-8-21)19(26)27-23-17(24)15-6-5-14(20)11-16(15)18(23)25/h5-6,11,13H,3-4,7-10,12H2,1-2H3. The molecule has 1 aromatic carbocycles. The second-order valence-electron chi connectivity index (χ2n) is 7.13. The van der Waals surface area contributed by atoms with Gasteiger partial charge in [0.15, 0.2) is 0 Å². The Labute approximate surface area is 167 Å². The maximum absolute atomic E-state index is 12.4.